The SMILES string of the molecule is COc1ccc(C2Sc3cc(Cl)cc(Cl)c3N(C(=O)CCl)C(=O)C2OC)cc1. The number of hydrogen-bond donors (Lipinski definition) is 0. The van der Waals surface area contributed by atoms with Crippen LogP contribution in [0.2, 0.25) is 10.0 Å². The lowest BCUT2D eigenvalue weighted by Crippen LogP contribution is -2.45. The van der Waals surface area contributed by atoms with E-state index in [4.69, 9.17) is 44.3 Å². The van der Waals surface area contributed by atoms with Gasteiger partial charge in [0.05, 0.1) is 23.1 Å². The van der Waals surface area contributed by atoms with Crippen molar-refractivity contribution in [1.82, 2.24) is 0 Å². The van der Waals surface area contributed by atoms with E-state index in [1.54, 1.807) is 25.3 Å². The fourth-order valence-electron chi connectivity index (χ4n) is 2.98. The minimum atomic E-state index is -0.937. The highest BCUT2D eigenvalue weighted by Crippen LogP contribution is 2.50. The first kappa shape index (κ1) is 21.3. The molecule has 5 nitrogen and oxygen atoms in total. The molecule has 9 heteroatoms. The molecule has 0 saturated heterocycles. The van der Waals surface area contributed by atoms with Gasteiger partial charge >= 0.3 is 0 Å². The molecule has 2 atom stereocenters. The molecule has 0 aliphatic carbocycles. The van der Waals surface area contributed by atoms with Gasteiger partial charge in [0.15, 0.2) is 6.10 Å². The van der Waals surface area contributed by atoms with Crippen LogP contribution in [0.5, 0.6) is 5.75 Å². The first-order chi connectivity index (χ1) is 13.4. The highest BCUT2D eigenvalue weighted by atomic mass is 35.5. The minimum Gasteiger partial charge on any atom is -0.497 e. The number of carbonyl (C=O) groups excluding carboxylic acids is 2. The summed E-state index contributed by atoms with van der Waals surface area (Å²) >= 11 is 19.6. The van der Waals surface area contributed by atoms with E-state index in [1.165, 1.54) is 24.9 Å². The summed E-state index contributed by atoms with van der Waals surface area (Å²) in [7, 11) is 3.00. The molecule has 0 radical (unpaired) electrons. The van der Waals surface area contributed by atoms with Crippen molar-refractivity contribution in [3.63, 3.8) is 0 Å². The number of carbonyl (C=O) groups is 2. The molecular formula is C19H16Cl3NO4S. The van der Waals surface area contributed by atoms with Crippen molar-refractivity contribution in [2.45, 2.75) is 16.2 Å². The number of fused-ring (bicyclic) bond motifs is 1. The summed E-state index contributed by atoms with van der Waals surface area (Å²) in [5.41, 5.74) is 1.10. The monoisotopic (exact) mass is 459 g/mol. The second-order valence-corrected chi connectivity index (χ2v) is 8.20. The maximum atomic E-state index is 13.3. The first-order valence-electron chi connectivity index (χ1n) is 8.16. The van der Waals surface area contributed by atoms with Gasteiger partial charge in [0.1, 0.15) is 11.6 Å². The Morgan fingerprint density at radius 3 is 2.43 bits per heavy atom. The Labute approximate surface area is 181 Å². The minimum absolute atomic E-state index is 0.187. The van der Waals surface area contributed by atoms with Gasteiger partial charge in [0, 0.05) is 17.0 Å². The molecule has 0 fully saturated rings. The van der Waals surface area contributed by atoms with Crippen molar-refractivity contribution in [2.75, 3.05) is 25.0 Å². The van der Waals surface area contributed by atoms with Gasteiger partial charge in [0.25, 0.3) is 5.91 Å². The van der Waals surface area contributed by atoms with Crippen LogP contribution in [0.1, 0.15) is 10.8 Å². The van der Waals surface area contributed by atoms with E-state index in [2.05, 4.69) is 0 Å². The van der Waals surface area contributed by atoms with Crippen molar-refractivity contribution >= 4 is 64.1 Å². The van der Waals surface area contributed by atoms with Gasteiger partial charge in [-0.25, -0.2) is 4.90 Å². The average molecular weight is 461 g/mol. The summed E-state index contributed by atoms with van der Waals surface area (Å²) < 4.78 is 10.7. The summed E-state index contributed by atoms with van der Waals surface area (Å²) in [6, 6.07) is 10.4. The third-order valence-electron chi connectivity index (χ3n) is 4.27. The second-order valence-electron chi connectivity index (χ2n) is 5.90. The maximum absolute atomic E-state index is 13.3. The van der Waals surface area contributed by atoms with Crippen LogP contribution in [0.15, 0.2) is 41.3 Å². The number of methoxy groups -OCH3 is 2. The quantitative estimate of drug-likeness (QED) is 0.604. The molecule has 2 amide bonds. The molecule has 1 heterocycles. The molecule has 0 N–H and O–H groups in total. The van der Waals surface area contributed by atoms with Crippen LogP contribution in [-0.4, -0.2) is 38.0 Å². The molecule has 0 aromatic heterocycles. The van der Waals surface area contributed by atoms with Crippen LogP contribution in [0, 0.1) is 0 Å². The highest BCUT2D eigenvalue weighted by Gasteiger charge is 2.42. The van der Waals surface area contributed by atoms with E-state index in [1.807, 2.05) is 12.1 Å². The van der Waals surface area contributed by atoms with Crippen LogP contribution >= 0.6 is 46.6 Å². The molecule has 2 aromatic carbocycles. The average Bonchev–Trinajstić information content (AvgIpc) is 2.81. The predicted molar refractivity (Wildman–Crippen MR) is 112 cm³/mol. The molecule has 3 rings (SSSR count). The number of nitrogens with zero attached hydrogens (tertiary/aromatic N) is 1. The van der Waals surface area contributed by atoms with Crippen LogP contribution < -0.4 is 9.64 Å². The van der Waals surface area contributed by atoms with E-state index in [0.717, 1.165) is 10.5 Å². The standard InChI is InChI=1S/C19H16Cl3NO4S/c1-26-12-5-3-10(4-6-12)18-17(27-2)19(25)23(15(24)9-20)16-13(22)7-11(21)8-14(16)28-18/h3-8,17-18H,9H2,1-2H3. The van der Waals surface area contributed by atoms with E-state index in [9.17, 15) is 9.59 Å². The van der Waals surface area contributed by atoms with Gasteiger partial charge in [-0.3, -0.25) is 9.59 Å². The number of anilines is 1. The molecule has 2 aromatic rings. The van der Waals surface area contributed by atoms with Crippen molar-refractivity contribution in [3.8, 4) is 5.75 Å². The topological polar surface area (TPSA) is 55.8 Å². The molecule has 0 bridgehead atoms. The van der Waals surface area contributed by atoms with Crippen molar-refractivity contribution in [2.24, 2.45) is 0 Å². The van der Waals surface area contributed by atoms with Crippen molar-refractivity contribution in [3.05, 3.63) is 52.0 Å². The lowest BCUT2D eigenvalue weighted by molar-refractivity contribution is -0.132. The lowest BCUT2D eigenvalue weighted by atomic mass is 10.1. The zero-order valence-corrected chi connectivity index (χ0v) is 18.0. The fourth-order valence-corrected chi connectivity index (χ4v) is 5.23. The van der Waals surface area contributed by atoms with E-state index in [0.29, 0.717) is 15.7 Å². The molecular weight excluding hydrogens is 445 g/mol. The Morgan fingerprint density at radius 2 is 1.86 bits per heavy atom. The summed E-state index contributed by atoms with van der Waals surface area (Å²) in [4.78, 5) is 27.4. The number of hydrogen-bond acceptors (Lipinski definition) is 5. The Balaban J connectivity index is 2.18. The normalized spacial score (nSPS) is 19.2. The van der Waals surface area contributed by atoms with Gasteiger partial charge in [-0.15, -0.1) is 23.4 Å². The smallest absolute Gasteiger partial charge is 0.264 e. The Bertz CT molecular complexity index is 907. The molecule has 2 unspecified atom stereocenters. The van der Waals surface area contributed by atoms with Crippen LogP contribution in [0.25, 0.3) is 0 Å². The van der Waals surface area contributed by atoms with Crippen LogP contribution in [0.3, 0.4) is 0 Å². The molecule has 28 heavy (non-hydrogen) atoms. The van der Waals surface area contributed by atoms with E-state index >= 15 is 0 Å². The van der Waals surface area contributed by atoms with Gasteiger partial charge in [-0.05, 0) is 29.8 Å². The van der Waals surface area contributed by atoms with E-state index < -0.39 is 23.2 Å². The van der Waals surface area contributed by atoms with Gasteiger partial charge < -0.3 is 9.47 Å². The zero-order chi connectivity index (χ0) is 20.4. The Hall–Kier alpha value is -1.44. The van der Waals surface area contributed by atoms with Gasteiger partial charge in [0.2, 0.25) is 5.91 Å². The largest absolute Gasteiger partial charge is 0.497 e. The molecule has 1 aliphatic heterocycles. The fraction of sp³-hybridized carbons (Fsp3) is 0.263. The summed E-state index contributed by atoms with van der Waals surface area (Å²) in [5.74, 6) is -0.814. The van der Waals surface area contributed by atoms with Crippen molar-refractivity contribution < 1.29 is 19.1 Å². The third-order valence-corrected chi connectivity index (χ3v) is 6.34. The number of amides is 2. The number of halogens is 3. The Kier molecular flexibility index (Phi) is 6.78. The number of alkyl halides is 1. The van der Waals surface area contributed by atoms with Crippen LogP contribution in [-0.2, 0) is 14.3 Å². The van der Waals surface area contributed by atoms with Gasteiger partial charge in [-0.1, -0.05) is 35.3 Å². The summed E-state index contributed by atoms with van der Waals surface area (Å²) in [6.07, 6.45) is -0.937. The Morgan fingerprint density at radius 1 is 1.18 bits per heavy atom. The number of rotatable bonds is 4. The molecule has 148 valence electrons. The van der Waals surface area contributed by atoms with Crippen molar-refractivity contribution in [1.29, 1.82) is 0 Å². The van der Waals surface area contributed by atoms with Gasteiger partial charge in [-0.2, -0.15) is 0 Å². The molecule has 0 spiro atoms. The number of thioether (sulfide) groups is 1. The maximum Gasteiger partial charge on any atom is 0.264 e. The molecule has 0 saturated carbocycles. The summed E-state index contributed by atoms with van der Waals surface area (Å²) in [5, 5.41) is 0.142. The lowest BCUT2D eigenvalue weighted by Gasteiger charge is -2.25. The van der Waals surface area contributed by atoms with E-state index in [-0.39, 0.29) is 16.6 Å². The number of benzene rings is 2. The number of ether oxygens (including phenoxy) is 2. The summed E-state index contributed by atoms with van der Waals surface area (Å²) in [6.45, 7) is 0. The second kappa shape index (κ2) is 8.93. The molecule has 1 aliphatic rings. The zero-order valence-electron chi connectivity index (χ0n) is 14.9. The highest BCUT2D eigenvalue weighted by molar-refractivity contribution is 7.99. The third kappa shape index (κ3) is 3.98. The first-order valence-corrected chi connectivity index (χ1v) is 10.3. The number of imide groups is 1. The van der Waals surface area contributed by atoms with Crippen LogP contribution in [0.4, 0.5) is 5.69 Å². The predicted octanol–water partition coefficient (Wildman–Crippen LogP) is 4.96.